The molecule has 2 rings (SSSR count). The Morgan fingerprint density at radius 1 is 1.33 bits per heavy atom. The summed E-state index contributed by atoms with van der Waals surface area (Å²) < 4.78 is 0. The summed E-state index contributed by atoms with van der Waals surface area (Å²) in [5.41, 5.74) is -0.560. The summed E-state index contributed by atoms with van der Waals surface area (Å²) in [4.78, 5) is 5.07. The van der Waals surface area contributed by atoms with Gasteiger partial charge in [0, 0.05) is 31.7 Å². The van der Waals surface area contributed by atoms with E-state index in [4.69, 9.17) is 0 Å². The lowest BCUT2D eigenvalue weighted by Gasteiger charge is -2.44. The van der Waals surface area contributed by atoms with E-state index in [1.54, 1.807) is 0 Å². The highest BCUT2D eigenvalue weighted by molar-refractivity contribution is 4.92. The van der Waals surface area contributed by atoms with Crippen molar-refractivity contribution >= 4 is 0 Å². The average Bonchev–Trinajstić information content (AvgIpc) is 2.49. The van der Waals surface area contributed by atoms with Gasteiger partial charge >= 0.3 is 0 Å². The molecular formula is C12H24N2O. The van der Waals surface area contributed by atoms with Crippen LogP contribution in [0.4, 0.5) is 0 Å². The topological polar surface area (TPSA) is 26.7 Å². The van der Waals surface area contributed by atoms with Crippen LogP contribution in [-0.4, -0.2) is 58.8 Å². The molecule has 0 amide bonds. The minimum Gasteiger partial charge on any atom is -0.389 e. The van der Waals surface area contributed by atoms with Crippen LogP contribution >= 0.6 is 0 Å². The lowest BCUT2D eigenvalue weighted by Crippen LogP contribution is -2.57. The van der Waals surface area contributed by atoms with Crippen LogP contribution in [0.1, 0.15) is 33.6 Å². The molecule has 2 unspecified atom stereocenters. The monoisotopic (exact) mass is 212 g/mol. The molecule has 0 radical (unpaired) electrons. The highest BCUT2D eigenvalue weighted by Gasteiger charge is 2.35. The third kappa shape index (κ3) is 2.71. The van der Waals surface area contributed by atoms with Crippen molar-refractivity contribution < 1.29 is 5.11 Å². The third-order valence-corrected chi connectivity index (χ3v) is 3.66. The molecule has 2 fully saturated rings. The molecule has 2 heterocycles. The van der Waals surface area contributed by atoms with Gasteiger partial charge in [0.2, 0.25) is 0 Å². The van der Waals surface area contributed by atoms with Gasteiger partial charge in [-0.05, 0) is 40.2 Å². The summed E-state index contributed by atoms with van der Waals surface area (Å²) in [5, 5.41) is 9.87. The van der Waals surface area contributed by atoms with E-state index in [1.807, 2.05) is 13.8 Å². The van der Waals surface area contributed by atoms with Crippen LogP contribution in [-0.2, 0) is 0 Å². The Morgan fingerprint density at radius 3 is 2.73 bits per heavy atom. The first-order valence-electron chi connectivity index (χ1n) is 6.16. The van der Waals surface area contributed by atoms with Crippen molar-refractivity contribution in [1.29, 1.82) is 0 Å². The second-order valence-electron chi connectivity index (χ2n) is 5.88. The molecule has 0 bridgehead atoms. The molecule has 2 atom stereocenters. The molecule has 2 aliphatic heterocycles. The van der Waals surface area contributed by atoms with Crippen molar-refractivity contribution in [3.8, 4) is 0 Å². The van der Waals surface area contributed by atoms with Crippen LogP contribution in [0.25, 0.3) is 0 Å². The van der Waals surface area contributed by atoms with Gasteiger partial charge in [-0.2, -0.15) is 0 Å². The molecule has 3 heteroatoms. The zero-order valence-electron chi connectivity index (χ0n) is 10.2. The van der Waals surface area contributed by atoms with Crippen LogP contribution in [0.3, 0.4) is 0 Å². The van der Waals surface area contributed by atoms with Crippen molar-refractivity contribution in [2.45, 2.75) is 51.3 Å². The zero-order valence-corrected chi connectivity index (χ0v) is 10.2. The molecule has 3 nitrogen and oxygen atoms in total. The number of hydrogen-bond donors (Lipinski definition) is 1. The Labute approximate surface area is 93.1 Å². The fourth-order valence-electron chi connectivity index (χ4n) is 2.97. The first kappa shape index (κ1) is 11.4. The maximum absolute atomic E-state index is 9.87. The second-order valence-corrected chi connectivity index (χ2v) is 5.88. The van der Waals surface area contributed by atoms with Gasteiger partial charge in [0.1, 0.15) is 0 Å². The Hall–Kier alpha value is -0.120. The summed E-state index contributed by atoms with van der Waals surface area (Å²) in [5.74, 6) is 0. The molecule has 2 saturated heterocycles. The molecule has 88 valence electrons. The number of piperazine rings is 1. The molecule has 0 aliphatic carbocycles. The highest BCUT2D eigenvalue weighted by Crippen LogP contribution is 2.25. The summed E-state index contributed by atoms with van der Waals surface area (Å²) in [6.07, 6.45) is 2.70. The molecule has 0 saturated carbocycles. The van der Waals surface area contributed by atoms with Gasteiger partial charge in [0.05, 0.1) is 5.60 Å². The van der Waals surface area contributed by atoms with Crippen molar-refractivity contribution in [2.24, 2.45) is 0 Å². The minimum atomic E-state index is -0.560. The Morgan fingerprint density at radius 2 is 2.07 bits per heavy atom. The molecule has 15 heavy (non-hydrogen) atoms. The normalized spacial score (nSPS) is 34.4. The predicted octanol–water partition coefficient (Wildman–Crippen LogP) is 0.926. The van der Waals surface area contributed by atoms with E-state index < -0.39 is 5.60 Å². The largest absolute Gasteiger partial charge is 0.389 e. The van der Waals surface area contributed by atoms with Crippen molar-refractivity contribution in [3.63, 3.8) is 0 Å². The van der Waals surface area contributed by atoms with Gasteiger partial charge in [0.15, 0.2) is 0 Å². The molecule has 0 aromatic rings. The first-order chi connectivity index (χ1) is 6.96. The van der Waals surface area contributed by atoms with E-state index in [0.29, 0.717) is 6.04 Å². The van der Waals surface area contributed by atoms with Crippen LogP contribution in [0.5, 0.6) is 0 Å². The molecule has 2 aliphatic rings. The maximum atomic E-state index is 9.87. The van der Waals surface area contributed by atoms with Gasteiger partial charge in [0.25, 0.3) is 0 Å². The Kier molecular flexibility index (Phi) is 3.06. The van der Waals surface area contributed by atoms with E-state index in [9.17, 15) is 5.11 Å². The lowest BCUT2D eigenvalue weighted by molar-refractivity contribution is -0.0138. The number of fused-ring (bicyclic) bond motifs is 1. The SMILES string of the molecule is CC1CN2CCCC2CN1CC(C)(C)O. The van der Waals surface area contributed by atoms with E-state index in [-0.39, 0.29) is 0 Å². The zero-order chi connectivity index (χ0) is 11.1. The van der Waals surface area contributed by atoms with E-state index in [2.05, 4.69) is 16.7 Å². The number of nitrogens with zero attached hydrogens (tertiary/aromatic N) is 2. The lowest BCUT2D eigenvalue weighted by atomic mass is 10.0. The van der Waals surface area contributed by atoms with Crippen LogP contribution < -0.4 is 0 Å². The minimum absolute atomic E-state index is 0.560. The van der Waals surface area contributed by atoms with Crippen molar-refractivity contribution in [2.75, 3.05) is 26.2 Å². The summed E-state index contributed by atoms with van der Waals surface area (Å²) in [7, 11) is 0. The van der Waals surface area contributed by atoms with E-state index >= 15 is 0 Å². The van der Waals surface area contributed by atoms with Crippen LogP contribution in [0.15, 0.2) is 0 Å². The third-order valence-electron chi connectivity index (χ3n) is 3.66. The van der Waals surface area contributed by atoms with Gasteiger partial charge in [-0.15, -0.1) is 0 Å². The average molecular weight is 212 g/mol. The summed E-state index contributed by atoms with van der Waals surface area (Å²) in [6.45, 7) is 10.5. The van der Waals surface area contributed by atoms with E-state index in [0.717, 1.165) is 19.1 Å². The molecule has 0 aromatic heterocycles. The van der Waals surface area contributed by atoms with Gasteiger partial charge in [-0.25, -0.2) is 0 Å². The van der Waals surface area contributed by atoms with Crippen molar-refractivity contribution in [1.82, 2.24) is 9.80 Å². The van der Waals surface area contributed by atoms with E-state index in [1.165, 1.54) is 25.9 Å². The number of hydrogen-bond acceptors (Lipinski definition) is 3. The van der Waals surface area contributed by atoms with Gasteiger partial charge in [-0.3, -0.25) is 9.80 Å². The first-order valence-corrected chi connectivity index (χ1v) is 6.16. The number of rotatable bonds is 2. The summed E-state index contributed by atoms with van der Waals surface area (Å²) in [6, 6.07) is 1.34. The Bertz CT molecular complexity index is 224. The highest BCUT2D eigenvalue weighted by atomic mass is 16.3. The van der Waals surface area contributed by atoms with Crippen molar-refractivity contribution in [3.05, 3.63) is 0 Å². The molecule has 0 spiro atoms. The predicted molar refractivity (Wildman–Crippen MR) is 61.9 cm³/mol. The standard InChI is InChI=1S/C12H24N2O/c1-10-7-13-6-4-5-11(13)8-14(10)9-12(2,3)15/h10-11,15H,4-9H2,1-3H3. The Balaban J connectivity index is 1.95. The number of β-amino-alcohol motifs (C(OH)–C–C–N with tert-alkyl or cyclic N) is 1. The smallest absolute Gasteiger partial charge is 0.0718 e. The molecule has 0 aromatic carbocycles. The molecular weight excluding hydrogens is 188 g/mol. The van der Waals surface area contributed by atoms with Gasteiger partial charge in [-0.1, -0.05) is 0 Å². The van der Waals surface area contributed by atoms with Crippen LogP contribution in [0, 0.1) is 0 Å². The molecule has 1 N–H and O–H groups in total. The summed E-state index contributed by atoms with van der Waals surface area (Å²) >= 11 is 0. The second kappa shape index (κ2) is 4.04. The van der Waals surface area contributed by atoms with Crippen LogP contribution in [0.2, 0.25) is 0 Å². The number of aliphatic hydroxyl groups is 1. The maximum Gasteiger partial charge on any atom is 0.0718 e. The fraction of sp³-hybridized carbons (Fsp3) is 1.00. The fourth-order valence-corrected chi connectivity index (χ4v) is 2.97. The van der Waals surface area contributed by atoms with Gasteiger partial charge < -0.3 is 5.11 Å². The quantitative estimate of drug-likeness (QED) is 0.737.